The van der Waals surface area contributed by atoms with Crippen LogP contribution in [0, 0.1) is 0 Å². The summed E-state index contributed by atoms with van der Waals surface area (Å²) in [4.78, 5) is 24.2. The summed E-state index contributed by atoms with van der Waals surface area (Å²) in [5, 5.41) is 8.01. The normalized spacial score (nSPS) is 12.0. The Bertz CT molecular complexity index is 840. The van der Waals surface area contributed by atoms with E-state index in [4.69, 9.17) is 56.2 Å². The number of hydrogen-bond acceptors (Lipinski definition) is 5. The molecule has 0 saturated carbocycles. The van der Waals surface area contributed by atoms with E-state index < -0.39 is 21.8 Å². The molecular weight excluding hydrogens is 449 g/mol. The number of carbonyl (C=O) groups excluding carboxylic acids is 2. The second-order valence-corrected chi connectivity index (χ2v) is 8.07. The SMILES string of the molecule is CCOC(=O)c1ccccc1NC(=S)NC(NC(=O)c1ccco1)C(Cl)(Cl)Cl. The summed E-state index contributed by atoms with van der Waals surface area (Å²) in [6, 6.07) is 9.60. The number of thiocarbonyl (C=S) groups is 1. The lowest BCUT2D eigenvalue weighted by molar-refractivity contribution is 0.0527. The highest BCUT2D eigenvalue weighted by Gasteiger charge is 2.35. The molecule has 1 aromatic heterocycles. The van der Waals surface area contributed by atoms with Gasteiger partial charge in [0.15, 0.2) is 10.9 Å². The van der Waals surface area contributed by atoms with Crippen LogP contribution in [0.3, 0.4) is 0 Å². The van der Waals surface area contributed by atoms with Crippen molar-refractivity contribution in [1.82, 2.24) is 10.6 Å². The molecule has 1 aromatic carbocycles. The molecule has 0 aliphatic heterocycles. The molecule has 2 aromatic rings. The van der Waals surface area contributed by atoms with Crippen molar-refractivity contribution in [3.63, 3.8) is 0 Å². The summed E-state index contributed by atoms with van der Waals surface area (Å²) in [7, 11) is 0. The van der Waals surface area contributed by atoms with Crippen molar-refractivity contribution in [2.75, 3.05) is 11.9 Å². The van der Waals surface area contributed by atoms with Crippen molar-refractivity contribution in [3.05, 3.63) is 54.0 Å². The number of halogens is 3. The molecule has 0 saturated heterocycles. The number of nitrogens with one attached hydrogen (secondary N) is 3. The van der Waals surface area contributed by atoms with E-state index in [0.717, 1.165) is 0 Å². The molecule has 2 rings (SSSR count). The van der Waals surface area contributed by atoms with E-state index in [0.29, 0.717) is 5.69 Å². The van der Waals surface area contributed by atoms with Gasteiger partial charge in [-0.3, -0.25) is 4.79 Å². The molecule has 0 spiro atoms. The molecule has 0 radical (unpaired) electrons. The van der Waals surface area contributed by atoms with Crippen LogP contribution in [0.1, 0.15) is 27.8 Å². The van der Waals surface area contributed by atoms with Gasteiger partial charge in [0, 0.05) is 0 Å². The second-order valence-electron chi connectivity index (χ2n) is 5.29. The van der Waals surface area contributed by atoms with Gasteiger partial charge in [-0.1, -0.05) is 46.9 Å². The summed E-state index contributed by atoms with van der Waals surface area (Å²) in [5.74, 6) is -1.09. The first-order chi connectivity index (χ1) is 13.2. The van der Waals surface area contributed by atoms with Crippen LogP contribution in [0.5, 0.6) is 0 Å². The van der Waals surface area contributed by atoms with Crippen molar-refractivity contribution in [1.29, 1.82) is 0 Å². The van der Waals surface area contributed by atoms with Crippen LogP contribution >= 0.6 is 47.0 Å². The maximum atomic E-state index is 12.2. The van der Waals surface area contributed by atoms with Crippen LogP contribution in [0.4, 0.5) is 5.69 Å². The maximum Gasteiger partial charge on any atom is 0.340 e. The number of esters is 1. The van der Waals surface area contributed by atoms with E-state index in [1.165, 1.54) is 12.3 Å². The standard InChI is InChI=1S/C17H16Cl3N3O4S/c1-2-26-14(25)10-6-3-4-7-11(10)21-16(28)23-15(17(18,19)20)22-13(24)12-8-5-9-27-12/h3-9,15H,2H2,1H3,(H,22,24)(H2,21,23,28). The first-order valence-electron chi connectivity index (χ1n) is 7.97. The van der Waals surface area contributed by atoms with Crippen LogP contribution in [0.25, 0.3) is 0 Å². The fourth-order valence-electron chi connectivity index (χ4n) is 2.08. The van der Waals surface area contributed by atoms with Crippen molar-refractivity contribution >= 4 is 69.7 Å². The summed E-state index contributed by atoms with van der Waals surface area (Å²) in [6.07, 6.45) is 0.149. The average molecular weight is 465 g/mol. The Hall–Kier alpha value is -2.00. The van der Waals surface area contributed by atoms with Crippen molar-refractivity contribution in [2.45, 2.75) is 16.9 Å². The third kappa shape index (κ3) is 6.27. The molecular formula is C17H16Cl3N3O4S. The fraction of sp³-hybridized carbons (Fsp3) is 0.235. The van der Waals surface area contributed by atoms with Crippen molar-refractivity contribution in [3.8, 4) is 0 Å². The number of furan rings is 1. The lowest BCUT2D eigenvalue weighted by Gasteiger charge is -2.27. The number of amides is 1. The Morgan fingerprint density at radius 2 is 1.89 bits per heavy atom. The van der Waals surface area contributed by atoms with Crippen LogP contribution < -0.4 is 16.0 Å². The monoisotopic (exact) mass is 463 g/mol. The molecule has 1 heterocycles. The van der Waals surface area contributed by atoms with Crippen LogP contribution in [0.2, 0.25) is 0 Å². The first-order valence-corrected chi connectivity index (χ1v) is 9.51. The highest BCUT2D eigenvalue weighted by Crippen LogP contribution is 2.29. The van der Waals surface area contributed by atoms with E-state index in [-0.39, 0.29) is 23.0 Å². The number of benzene rings is 1. The first kappa shape index (κ1) is 22.3. The highest BCUT2D eigenvalue weighted by molar-refractivity contribution is 7.80. The maximum absolute atomic E-state index is 12.2. The van der Waals surface area contributed by atoms with Gasteiger partial charge in [-0.05, 0) is 43.4 Å². The number of anilines is 1. The molecule has 3 N–H and O–H groups in total. The summed E-state index contributed by atoms with van der Waals surface area (Å²) >= 11 is 23.0. The second kappa shape index (κ2) is 9.97. The Morgan fingerprint density at radius 1 is 1.18 bits per heavy atom. The van der Waals surface area contributed by atoms with E-state index >= 15 is 0 Å². The van der Waals surface area contributed by atoms with E-state index in [2.05, 4.69) is 16.0 Å². The zero-order valence-corrected chi connectivity index (χ0v) is 17.6. The van der Waals surface area contributed by atoms with Gasteiger partial charge in [0.1, 0.15) is 6.17 Å². The smallest absolute Gasteiger partial charge is 0.340 e. The Balaban J connectivity index is 2.10. The Morgan fingerprint density at radius 3 is 2.50 bits per heavy atom. The Labute approximate surface area is 181 Å². The summed E-state index contributed by atoms with van der Waals surface area (Å²) in [6.45, 7) is 1.93. The van der Waals surface area contributed by atoms with Crippen molar-refractivity contribution in [2.24, 2.45) is 0 Å². The van der Waals surface area contributed by atoms with Gasteiger partial charge in [0.05, 0.1) is 24.1 Å². The van der Waals surface area contributed by atoms with Crippen LogP contribution in [-0.2, 0) is 4.74 Å². The van der Waals surface area contributed by atoms with E-state index in [1.807, 2.05) is 0 Å². The molecule has 150 valence electrons. The molecule has 1 amide bonds. The predicted octanol–water partition coefficient (Wildman–Crippen LogP) is 3.87. The number of hydrogen-bond donors (Lipinski definition) is 3. The van der Waals surface area contributed by atoms with Crippen molar-refractivity contribution < 1.29 is 18.7 Å². The number of carbonyl (C=O) groups is 2. The van der Waals surface area contributed by atoms with Gasteiger partial charge >= 0.3 is 5.97 Å². The predicted molar refractivity (Wildman–Crippen MR) is 112 cm³/mol. The molecule has 28 heavy (non-hydrogen) atoms. The molecule has 1 unspecified atom stereocenters. The molecule has 1 atom stereocenters. The topological polar surface area (TPSA) is 92.6 Å². The lowest BCUT2D eigenvalue weighted by atomic mass is 10.2. The van der Waals surface area contributed by atoms with Crippen LogP contribution in [0.15, 0.2) is 47.1 Å². The minimum absolute atomic E-state index is 0.00724. The quantitative estimate of drug-likeness (QED) is 0.259. The zero-order chi connectivity index (χ0) is 20.7. The van der Waals surface area contributed by atoms with Gasteiger partial charge in [-0.2, -0.15) is 0 Å². The number of ether oxygens (including phenoxy) is 1. The van der Waals surface area contributed by atoms with Crippen LogP contribution in [-0.4, -0.2) is 33.6 Å². The summed E-state index contributed by atoms with van der Waals surface area (Å²) in [5.41, 5.74) is 0.664. The van der Waals surface area contributed by atoms with Gasteiger partial charge in [-0.25, -0.2) is 4.79 Å². The molecule has 0 fully saturated rings. The third-order valence-corrected chi connectivity index (χ3v) is 4.17. The van der Waals surface area contributed by atoms with Gasteiger partial charge in [0.2, 0.25) is 3.79 Å². The minimum atomic E-state index is -1.94. The summed E-state index contributed by atoms with van der Waals surface area (Å²) < 4.78 is 8.08. The average Bonchev–Trinajstić information content (AvgIpc) is 3.15. The van der Waals surface area contributed by atoms with Gasteiger partial charge < -0.3 is 25.1 Å². The molecule has 0 aliphatic rings. The molecule has 11 heteroatoms. The number of alkyl halides is 3. The molecule has 0 aliphatic carbocycles. The van der Waals surface area contributed by atoms with Gasteiger partial charge in [-0.15, -0.1) is 0 Å². The van der Waals surface area contributed by atoms with E-state index in [9.17, 15) is 9.59 Å². The molecule has 7 nitrogen and oxygen atoms in total. The fourth-order valence-corrected chi connectivity index (χ4v) is 2.63. The zero-order valence-electron chi connectivity index (χ0n) is 14.5. The highest BCUT2D eigenvalue weighted by atomic mass is 35.6. The Kier molecular flexibility index (Phi) is 7.94. The molecule has 0 bridgehead atoms. The van der Waals surface area contributed by atoms with Gasteiger partial charge in [0.25, 0.3) is 5.91 Å². The third-order valence-electron chi connectivity index (χ3n) is 3.29. The largest absolute Gasteiger partial charge is 0.462 e. The van der Waals surface area contributed by atoms with E-state index in [1.54, 1.807) is 37.3 Å². The number of rotatable bonds is 6. The number of para-hydroxylation sites is 1. The minimum Gasteiger partial charge on any atom is -0.462 e. The lowest BCUT2D eigenvalue weighted by Crippen LogP contribution is -2.56.